The zero-order chi connectivity index (χ0) is 22.4. The van der Waals surface area contributed by atoms with Gasteiger partial charge in [0.25, 0.3) is 15.9 Å². The molecular weight excluding hydrogens is 420 g/mol. The Morgan fingerprint density at radius 2 is 1.74 bits per heavy atom. The van der Waals surface area contributed by atoms with Crippen molar-refractivity contribution >= 4 is 27.4 Å². The van der Waals surface area contributed by atoms with Crippen molar-refractivity contribution in [1.82, 2.24) is 9.97 Å². The summed E-state index contributed by atoms with van der Waals surface area (Å²) in [6.45, 7) is 3.75. The molecule has 0 saturated carbocycles. The predicted molar refractivity (Wildman–Crippen MR) is 116 cm³/mol. The van der Waals surface area contributed by atoms with Crippen LogP contribution in [0.3, 0.4) is 0 Å². The van der Waals surface area contributed by atoms with Gasteiger partial charge in [-0.2, -0.15) is 0 Å². The predicted octanol–water partition coefficient (Wildman–Crippen LogP) is 3.33. The van der Waals surface area contributed by atoms with E-state index in [9.17, 15) is 13.2 Å². The number of nitrogens with zero attached hydrogens (tertiary/aromatic N) is 2. The highest BCUT2D eigenvalue weighted by atomic mass is 32.2. The lowest BCUT2D eigenvalue weighted by Gasteiger charge is -2.14. The minimum Gasteiger partial charge on any atom is -0.490 e. The van der Waals surface area contributed by atoms with Gasteiger partial charge in [-0.15, -0.1) is 0 Å². The van der Waals surface area contributed by atoms with E-state index in [1.54, 1.807) is 24.3 Å². The molecule has 0 aliphatic heterocycles. The van der Waals surface area contributed by atoms with Crippen LogP contribution in [0, 0.1) is 0 Å². The Kier molecular flexibility index (Phi) is 6.71. The fourth-order valence-corrected chi connectivity index (χ4v) is 3.63. The van der Waals surface area contributed by atoms with E-state index in [0.29, 0.717) is 17.0 Å². The summed E-state index contributed by atoms with van der Waals surface area (Å²) in [6, 6.07) is 14.0. The number of amides is 1. The number of carbonyl (C=O) groups is 1. The molecule has 9 nitrogen and oxygen atoms in total. The van der Waals surface area contributed by atoms with Gasteiger partial charge in [0.1, 0.15) is 17.9 Å². The Balaban J connectivity index is 1.73. The molecule has 0 aliphatic carbocycles. The molecule has 0 fully saturated rings. The van der Waals surface area contributed by atoms with Crippen molar-refractivity contribution in [3.63, 3.8) is 0 Å². The van der Waals surface area contributed by atoms with E-state index in [-0.39, 0.29) is 28.6 Å². The van der Waals surface area contributed by atoms with Crippen LogP contribution in [-0.2, 0) is 10.0 Å². The van der Waals surface area contributed by atoms with Gasteiger partial charge in [-0.25, -0.2) is 18.4 Å². The van der Waals surface area contributed by atoms with Gasteiger partial charge in [0, 0.05) is 11.8 Å². The van der Waals surface area contributed by atoms with Crippen LogP contribution in [0.15, 0.2) is 65.8 Å². The summed E-state index contributed by atoms with van der Waals surface area (Å²) >= 11 is 0. The van der Waals surface area contributed by atoms with E-state index in [1.165, 1.54) is 43.8 Å². The number of hydrogen-bond donors (Lipinski definition) is 2. The fraction of sp³-hybridized carbons (Fsp3) is 0.190. The smallest absolute Gasteiger partial charge is 0.263 e. The molecule has 10 heteroatoms. The zero-order valence-corrected chi connectivity index (χ0v) is 18.0. The molecular formula is C21H22N4O5S. The number of benzene rings is 2. The second kappa shape index (κ2) is 9.43. The van der Waals surface area contributed by atoms with Crippen molar-refractivity contribution < 1.29 is 22.7 Å². The Morgan fingerprint density at radius 1 is 1.03 bits per heavy atom. The Morgan fingerprint density at radius 3 is 2.42 bits per heavy atom. The first kappa shape index (κ1) is 22.0. The van der Waals surface area contributed by atoms with E-state index in [0.717, 1.165) is 0 Å². The van der Waals surface area contributed by atoms with E-state index >= 15 is 0 Å². The molecule has 0 unspecified atom stereocenters. The summed E-state index contributed by atoms with van der Waals surface area (Å²) in [7, 11) is -2.47. The van der Waals surface area contributed by atoms with E-state index < -0.39 is 10.0 Å². The maximum atomic E-state index is 12.7. The first-order valence-electron chi connectivity index (χ1n) is 9.34. The van der Waals surface area contributed by atoms with Crippen LogP contribution in [0.1, 0.15) is 24.2 Å². The molecule has 1 heterocycles. The van der Waals surface area contributed by atoms with Crippen LogP contribution < -0.4 is 19.5 Å². The highest BCUT2D eigenvalue weighted by Crippen LogP contribution is 2.22. The molecule has 162 valence electrons. The number of carbonyl (C=O) groups excluding carboxylic acids is 1. The minimum absolute atomic E-state index is 0.00613. The Hall–Kier alpha value is -3.66. The average molecular weight is 442 g/mol. The molecule has 0 spiro atoms. The van der Waals surface area contributed by atoms with Gasteiger partial charge >= 0.3 is 0 Å². The highest BCUT2D eigenvalue weighted by molar-refractivity contribution is 7.92. The molecule has 31 heavy (non-hydrogen) atoms. The normalized spacial score (nSPS) is 11.1. The molecule has 3 aromatic rings. The number of anilines is 2. The van der Waals surface area contributed by atoms with Crippen molar-refractivity contribution in [1.29, 1.82) is 0 Å². The lowest BCUT2D eigenvalue weighted by atomic mass is 10.1. The average Bonchev–Trinajstić information content (AvgIpc) is 2.74. The number of sulfonamides is 1. The lowest BCUT2D eigenvalue weighted by Crippen LogP contribution is -2.16. The minimum atomic E-state index is -3.88. The highest BCUT2D eigenvalue weighted by Gasteiger charge is 2.17. The Labute approximate surface area is 180 Å². The number of ether oxygens (including phenoxy) is 2. The summed E-state index contributed by atoms with van der Waals surface area (Å²) < 4.78 is 38.2. The Bertz CT molecular complexity index is 1160. The lowest BCUT2D eigenvalue weighted by molar-refractivity contribution is 0.102. The maximum Gasteiger partial charge on any atom is 0.263 e. The van der Waals surface area contributed by atoms with Gasteiger partial charge in [0.2, 0.25) is 5.88 Å². The molecule has 0 bridgehead atoms. The second-order valence-corrected chi connectivity index (χ2v) is 8.37. The SMILES string of the molecule is COc1cc(NS(=O)(=O)c2ccc(NC(=O)c3ccccc3OC(C)C)cc2)ncn1. The molecule has 0 saturated heterocycles. The van der Waals surface area contributed by atoms with Gasteiger partial charge in [-0.3, -0.25) is 9.52 Å². The molecule has 2 N–H and O–H groups in total. The zero-order valence-electron chi connectivity index (χ0n) is 17.2. The maximum absolute atomic E-state index is 12.7. The quantitative estimate of drug-likeness (QED) is 0.549. The van der Waals surface area contributed by atoms with Crippen LogP contribution in [0.4, 0.5) is 11.5 Å². The molecule has 1 aromatic heterocycles. The van der Waals surface area contributed by atoms with Crippen LogP contribution >= 0.6 is 0 Å². The van der Waals surface area contributed by atoms with Crippen molar-refractivity contribution in [2.45, 2.75) is 24.8 Å². The first-order valence-corrected chi connectivity index (χ1v) is 10.8. The van der Waals surface area contributed by atoms with Crippen LogP contribution in [0.5, 0.6) is 11.6 Å². The molecule has 0 radical (unpaired) electrons. The number of rotatable bonds is 8. The molecule has 0 atom stereocenters. The van der Waals surface area contributed by atoms with Gasteiger partial charge < -0.3 is 14.8 Å². The van der Waals surface area contributed by atoms with Crippen molar-refractivity contribution in [2.24, 2.45) is 0 Å². The first-order chi connectivity index (χ1) is 14.8. The standard InChI is InChI=1S/C21H22N4O5S/c1-14(2)30-18-7-5-4-6-17(18)21(26)24-15-8-10-16(11-9-15)31(27,28)25-19-12-20(29-3)23-13-22-19/h4-14H,1-3H3,(H,24,26)(H,22,23,25). The third kappa shape index (κ3) is 5.70. The topological polar surface area (TPSA) is 120 Å². The number of nitrogens with one attached hydrogen (secondary N) is 2. The van der Waals surface area contributed by atoms with E-state index in [1.807, 2.05) is 13.8 Å². The van der Waals surface area contributed by atoms with E-state index in [4.69, 9.17) is 9.47 Å². The largest absolute Gasteiger partial charge is 0.490 e. The number of methoxy groups -OCH3 is 1. The van der Waals surface area contributed by atoms with Gasteiger partial charge in [0.15, 0.2) is 0 Å². The van der Waals surface area contributed by atoms with Gasteiger partial charge in [-0.1, -0.05) is 12.1 Å². The summed E-state index contributed by atoms with van der Waals surface area (Å²) in [5.41, 5.74) is 0.819. The van der Waals surface area contributed by atoms with Gasteiger partial charge in [-0.05, 0) is 50.2 Å². The third-order valence-corrected chi connectivity index (χ3v) is 5.38. The van der Waals surface area contributed by atoms with Crippen LogP contribution in [0.25, 0.3) is 0 Å². The van der Waals surface area contributed by atoms with Gasteiger partial charge in [0.05, 0.1) is 23.7 Å². The van der Waals surface area contributed by atoms with Crippen LogP contribution in [0.2, 0.25) is 0 Å². The molecule has 2 aromatic carbocycles. The molecule has 3 rings (SSSR count). The van der Waals surface area contributed by atoms with Crippen LogP contribution in [-0.4, -0.2) is 37.5 Å². The van der Waals surface area contributed by atoms with E-state index in [2.05, 4.69) is 20.0 Å². The summed E-state index contributed by atoms with van der Waals surface area (Å²) in [6.07, 6.45) is 1.11. The van der Waals surface area contributed by atoms with Crippen molar-refractivity contribution in [2.75, 3.05) is 17.1 Å². The molecule has 1 amide bonds. The summed E-state index contributed by atoms with van der Waals surface area (Å²) in [5, 5.41) is 2.74. The van der Waals surface area contributed by atoms with Crippen molar-refractivity contribution in [3.8, 4) is 11.6 Å². The fourth-order valence-electron chi connectivity index (χ4n) is 2.63. The second-order valence-electron chi connectivity index (χ2n) is 6.69. The summed E-state index contributed by atoms with van der Waals surface area (Å²) in [5.74, 6) is 0.412. The number of aromatic nitrogens is 2. The monoisotopic (exact) mass is 442 g/mol. The number of para-hydroxylation sites is 1. The summed E-state index contributed by atoms with van der Waals surface area (Å²) in [4.78, 5) is 20.4. The van der Waals surface area contributed by atoms with Crippen molar-refractivity contribution in [3.05, 3.63) is 66.5 Å². The number of hydrogen-bond acceptors (Lipinski definition) is 7. The third-order valence-electron chi connectivity index (χ3n) is 4.01. The molecule has 0 aliphatic rings.